The smallest absolute Gasteiger partial charge is 0.213 e. The van der Waals surface area contributed by atoms with Gasteiger partial charge in [0.25, 0.3) is 0 Å². The van der Waals surface area contributed by atoms with Crippen molar-refractivity contribution in [3.8, 4) is 22.6 Å². The third-order valence-corrected chi connectivity index (χ3v) is 5.46. The number of ether oxygens (including phenoxy) is 3. The highest BCUT2D eigenvalue weighted by Crippen LogP contribution is 2.41. The van der Waals surface area contributed by atoms with Crippen molar-refractivity contribution in [3.05, 3.63) is 54.2 Å². The van der Waals surface area contributed by atoms with Crippen LogP contribution in [0.25, 0.3) is 22.0 Å². The molecular weight excluding hydrogens is 340 g/mol. The molecule has 5 nitrogen and oxygen atoms in total. The van der Waals surface area contributed by atoms with Crippen molar-refractivity contribution < 1.29 is 14.2 Å². The first-order chi connectivity index (χ1) is 13.3. The summed E-state index contributed by atoms with van der Waals surface area (Å²) in [6, 6.07) is 14.4. The van der Waals surface area contributed by atoms with Crippen LogP contribution < -0.4 is 14.8 Å². The highest BCUT2D eigenvalue weighted by molar-refractivity contribution is 5.92. The third-order valence-electron chi connectivity index (χ3n) is 5.46. The zero-order valence-corrected chi connectivity index (χ0v) is 15.3. The predicted octanol–water partition coefficient (Wildman–Crippen LogP) is 3.90. The van der Waals surface area contributed by atoms with Crippen molar-refractivity contribution >= 4 is 10.9 Å². The van der Waals surface area contributed by atoms with Crippen LogP contribution in [0, 0.1) is 0 Å². The summed E-state index contributed by atoms with van der Waals surface area (Å²) in [7, 11) is 1.69. The fraction of sp³-hybridized carbons (Fsp3) is 0.318. The molecule has 1 spiro atoms. The maximum absolute atomic E-state index is 6.27. The van der Waals surface area contributed by atoms with Crippen molar-refractivity contribution in [2.75, 3.05) is 20.2 Å². The lowest BCUT2D eigenvalue weighted by Crippen LogP contribution is -2.49. The first kappa shape index (κ1) is 16.5. The van der Waals surface area contributed by atoms with E-state index in [2.05, 4.69) is 40.6 Å². The van der Waals surface area contributed by atoms with Crippen molar-refractivity contribution in [2.45, 2.75) is 25.2 Å². The predicted molar refractivity (Wildman–Crippen MR) is 104 cm³/mol. The Bertz CT molecular complexity index is 996. The minimum absolute atomic E-state index is 0.468. The average Bonchev–Trinajstić information content (AvgIpc) is 2.73. The lowest BCUT2D eigenvalue weighted by atomic mass is 9.98. The molecular formula is C22H22N2O3. The van der Waals surface area contributed by atoms with E-state index < -0.39 is 5.79 Å². The summed E-state index contributed by atoms with van der Waals surface area (Å²) in [4.78, 5) is 4.50. The monoisotopic (exact) mass is 362 g/mol. The number of fused-ring (bicyclic) bond motifs is 2. The first-order valence-electron chi connectivity index (χ1n) is 9.37. The summed E-state index contributed by atoms with van der Waals surface area (Å²) >= 11 is 0. The zero-order valence-electron chi connectivity index (χ0n) is 15.3. The topological polar surface area (TPSA) is 52.6 Å². The second-order valence-corrected chi connectivity index (χ2v) is 7.10. The molecule has 1 aromatic heterocycles. The van der Waals surface area contributed by atoms with E-state index in [0.717, 1.165) is 65.0 Å². The number of aromatic nitrogens is 1. The standard InChI is InChI=1S/C22H22N2O3/c1-25-21-18(6-4-15-3-2-10-24-20(15)21)16-5-7-19-17(13-16)14-26-22(27-19)8-11-23-12-9-22/h2-7,10,13,23H,8-9,11-12,14H2,1H3. The number of nitrogens with zero attached hydrogens (tertiary/aromatic N) is 1. The Morgan fingerprint density at radius 3 is 2.85 bits per heavy atom. The molecule has 3 heterocycles. The molecule has 0 radical (unpaired) electrons. The minimum Gasteiger partial charge on any atom is -0.494 e. The molecule has 0 aliphatic carbocycles. The molecule has 1 fully saturated rings. The maximum atomic E-state index is 6.27. The summed E-state index contributed by atoms with van der Waals surface area (Å²) in [5.74, 6) is 1.25. The van der Waals surface area contributed by atoms with Crippen LogP contribution >= 0.6 is 0 Å². The first-order valence-corrected chi connectivity index (χ1v) is 9.37. The molecule has 3 aromatic rings. The summed E-state index contributed by atoms with van der Waals surface area (Å²) in [5.41, 5.74) is 4.04. The molecule has 1 N–H and O–H groups in total. The number of methoxy groups -OCH3 is 1. The maximum Gasteiger partial charge on any atom is 0.213 e. The summed E-state index contributed by atoms with van der Waals surface area (Å²) in [6.07, 6.45) is 3.54. The van der Waals surface area contributed by atoms with Crippen LogP contribution in [0.5, 0.6) is 11.5 Å². The van der Waals surface area contributed by atoms with Crippen molar-refractivity contribution in [3.63, 3.8) is 0 Å². The Morgan fingerprint density at radius 2 is 2.00 bits per heavy atom. The van der Waals surface area contributed by atoms with Gasteiger partial charge in [0.15, 0.2) is 5.75 Å². The van der Waals surface area contributed by atoms with Gasteiger partial charge in [0.05, 0.1) is 13.7 Å². The normalized spacial score (nSPS) is 18.1. The lowest BCUT2D eigenvalue weighted by Gasteiger charge is -2.41. The van der Waals surface area contributed by atoms with Gasteiger partial charge in [-0.1, -0.05) is 18.2 Å². The Hall–Kier alpha value is -2.63. The molecule has 2 aliphatic heterocycles. The average molecular weight is 362 g/mol. The lowest BCUT2D eigenvalue weighted by molar-refractivity contribution is -0.218. The van der Waals surface area contributed by atoms with Gasteiger partial charge in [0.2, 0.25) is 5.79 Å². The van der Waals surface area contributed by atoms with E-state index in [1.54, 1.807) is 13.3 Å². The van der Waals surface area contributed by atoms with Crippen LogP contribution in [0.15, 0.2) is 48.7 Å². The molecule has 5 rings (SSSR count). The van der Waals surface area contributed by atoms with E-state index in [1.165, 1.54) is 0 Å². The van der Waals surface area contributed by atoms with Crippen molar-refractivity contribution in [2.24, 2.45) is 0 Å². The fourth-order valence-electron chi connectivity index (χ4n) is 4.00. The van der Waals surface area contributed by atoms with Crippen LogP contribution in [0.4, 0.5) is 0 Å². The van der Waals surface area contributed by atoms with E-state index >= 15 is 0 Å². The highest BCUT2D eigenvalue weighted by atomic mass is 16.7. The fourth-order valence-corrected chi connectivity index (χ4v) is 4.00. The van der Waals surface area contributed by atoms with Gasteiger partial charge in [0.1, 0.15) is 11.3 Å². The van der Waals surface area contributed by atoms with Gasteiger partial charge in [-0.25, -0.2) is 0 Å². The molecule has 138 valence electrons. The molecule has 2 aliphatic rings. The van der Waals surface area contributed by atoms with Crippen molar-refractivity contribution in [1.82, 2.24) is 10.3 Å². The van der Waals surface area contributed by atoms with Crippen LogP contribution in [0.2, 0.25) is 0 Å². The largest absolute Gasteiger partial charge is 0.494 e. The summed E-state index contributed by atoms with van der Waals surface area (Å²) in [6.45, 7) is 2.42. The number of nitrogens with one attached hydrogen (secondary N) is 1. The van der Waals surface area contributed by atoms with Gasteiger partial charge >= 0.3 is 0 Å². The number of benzene rings is 2. The van der Waals surface area contributed by atoms with Crippen LogP contribution in [-0.4, -0.2) is 31.0 Å². The second-order valence-electron chi connectivity index (χ2n) is 7.10. The SMILES string of the molecule is COc1c(-c2ccc3c(c2)COC2(CCNCC2)O3)ccc2cccnc12. The summed E-state index contributed by atoms with van der Waals surface area (Å²) < 4.78 is 18.1. The Balaban J connectivity index is 1.54. The molecule has 0 atom stereocenters. The Labute approximate surface area is 158 Å². The minimum atomic E-state index is -0.468. The van der Waals surface area contributed by atoms with Gasteiger partial charge in [-0.15, -0.1) is 0 Å². The number of rotatable bonds is 2. The molecule has 2 aromatic carbocycles. The summed E-state index contributed by atoms with van der Waals surface area (Å²) in [5, 5.41) is 4.42. The molecule has 0 bridgehead atoms. The number of hydrogen-bond acceptors (Lipinski definition) is 5. The molecule has 5 heteroatoms. The van der Waals surface area contributed by atoms with Crippen LogP contribution in [0.3, 0.4) is 0 Å². The highest BCUT2D eigenvalue weighted by Gasteiger charge is 2.38. The van der Waals surface area contributed by atoms with Gasteiger partial charge in [-0.3, -0.25) is 4.98 Å². The molecule has 0 unspecified atom stereocenters. The van der Waals surface area contributed by atoms with Gasteiger partial charge in [-0.2, -0.15) is 0 Å². The Kier molecular flexibility index (Phi) is 3.99. The number of piperidine rings is 1. The van der Waals surface area contributed by atoms with E-state index in [1.807, 2.05) is 12.1 Å². The second kappa shape index (κ2) is 6.51. The number of pyridine rings is 1. The van der Waals surface area contributed by atoms with Gasteiger partial charge < -0.3 is 19.5 Å². The molecule has 0 saturated carbocycles. The van der Waals surface area contributed by atoms with Crippen LogP contribution in [-0.2, 0) is 11.3 Å². The Morgan fingerprint density at radius 1 is 1.11 bits per heavy atom. The quantitative estimate of drug-likeness (QED) is 0.749. The molecule has 0 amide bonds. The molecule has 27 heavy (non-hydrogen) atoms. The van der Waals surface area contributed by atoms with E-state index in [0.29, 0.717) is 6.61 Å². The van der Waals surface area contributed by atoms with Crippen molar-refractivity contribution in [1.29, 1.82) is 0 Å². The number of hydrogen-bond donors (Lipinski definition) is 1. The molecule has 1 saturated heterocycles. The van der Waals surface area contributed by atoms with E-state index in [9.17, 15) is 0 Å². The van der Waals surface area contributed by atoms with Gasteiger partial charge in [0, 0.05) is 48.6 Å². The van der Waals surface area contributed by atoms with Gasteiger partial charge in [-0.05, 0) is 29.8 Å². The van der Waals surface area contributed by atoms with E-state index in [4.69, 9.17) is 14.2 Å². The zero-order chi connectivity index (χ0) is 18.3. The van der Waals surface area contributed by atoms with Crippen LogP contribution in [0.1, 0.15) is 18.4 Å². The van der Waals surface area contributed by atoms with E-state index in [-0.39, 0.29) is 0 Å². The third kappa shape index (κ3) is 2.83.